The molecule has 0 spiro atoms. The van der Waals surface area contributed by atoms with Crippen molar-refractivity contribution >= 4 is 11.8 Å². The van der Waals surface area contributed by atoms with Gasteiger partial charge in [0.25, 0.3) is 0 Å². The van der Waals surface area contributed by atoms with E-state index in [9.17, 15) is 9.59 Å². The molecule has 5 N–H and O–H groups in total. The number of ketones is 1. The first-order valence-electron chi connectivity index (χ1n) is 6.24. The van der Waals surface area contributed by atoms with Gasteiger partial charge in [-0.1, -0.05) is 19.8 Å². The van der Waals surface area contributed by atoms with Crippen molar-refractivity contribution in [2.24, 2.45) is 11.5 Å². The van der Waals surface area contributed by atoms with E-state index in [1.165, 1.54) is 0 Å². The van der Waals surface area contributed by atoms with E-state index in [0.717, 1.165) is 12.8 Å². The Morgan fingerprint density at radius 1 is 1.18 bits per heavy atom. The fraction of sp³-hybridized carbons (Fsp3) is 0.833. The Bertz CT molecular complexity index is 256. The number of nitrogens with two attached hydrogens (primary N) is 2. The summed E-state index contributed by atoms with van der Waals surface area (Å²) in [7, 11) is 0. The second kappa shape index (κ2) is 8.20. The van der Waals surface area contributed by atoms with Gasteiger partial charge < -0.3 is 16.6 Å². The third kappa shape index (κ3) is 5.28. The second-order valence-corrected chi connectivity index (χ2v) is 4.40. The molecule has 0 aromatic heterocycles. The van der Waals surface area contributed by atoms with Crippen LogP contribution in [0.25, 0.3) is 0 Å². The standard InChI is InChI=1S/C12H24N2O3/c1-2-3-4-7-10(15)12(14,11(16)17)8-5-6-9-13/h2-9,13-14H2,1H3,(H,16,17). The molecular formula is C12H24N2O3. The highest BCUT2D eigenvalue weighted by molar-refractivity contribution is 6.07. The van der Waals surface area contributed by atoms with Crippen molar-refractivity contribution in [3.63, 3.8) is 0 Å². The Hall–Kier alpha value is -0.940. The van der Waals surface area contributed by atoms with Crippen LogP contribution in [0.1, 0.15) is 51.9 Å². The van der Waals surface area contributed by atoms with Crippen LogP contribution < -0.4 is 11.5 Å². The third-order valence-corrected chi connectivity index (χ3v) is 2.91. The molecule has 0 fully saturated rings. The van der Waals surface area contributed by atoms with Crippen molar-refractivity contribution in [2.75, 3.05) is 6.54 Å². The van der Waals surface area contributed by atoms with E-state index < -0.39 is 11.5 Å². The minimum absolute atomic E-state index is 0.171. The summed E-state index contributed by atoms with van der Waals surface area (Å²) in [4.78, 5) is 23.0. The van der Waals surface area contributed by atoms with Crippen LogP contribution in [0.3, 0.4) is 0 Å². The highest BCUT2D eigenvalue weighted by Gasteiger charge is 2.40. The van der Waals surface area contributed by atoms with Gasteiger partial charge in [0, 0.05) is 6.42 Å². The summed E-state index contributed by atoms with van der Waals surface area (Å²) in [6.07, 6.45) is 4.30. The van der Waals surface area contributed by atoms with E-state index in [2.05, 4.69) is 0 Å². The largest absolute Gasteiger partial charge is 0.480 e. The van der Waals surface area contributed by atoms with Crippen molar-refractivity contribution in [3.8, 4) is 0 Å². The Balaban J connectivity index is 4.36. The van der Waals surface area contributed by atoms with Gasteiger partial charge in [0.05, 0.1) is 0 Å². The van der Waals surface area contributed by atoms with E-state index in [4.69, 9.17) is 16.6 Å². The zero-order valence-corrected chi connectivity index (χ0v) is 10.6. The molecule has 0 aromatic rings. The molecule has 5 nitrogen and oxygen atoms in total. The number of carbonyl (C=O) groups excluding carboxylic acids is 1. The number of carboxylic acids is 1. The average molecular weight is 244 g/mol. The van der Waals surface area contributed by atoms with Crippen LogP contribution in [-0.4, -0.2) is 28.9 Å². The lowest BCUT2D eigenvalue weighted by Gasteiger charge is -2.23. The van der Waals surface area contributed by atoms with Gasteiger partial charge in [-0.3, -0.25) is 4.79 Å². The quantitative estimate of drug-likeness (QED) is 0.393. The van der Waals surface area contributed by atoms with Gasteiger partial charge in [-0.05, 0) is 32.2 Å². The molecule has 0 aliphatic carbocycles. The predicted molar refractivity (Wildman–Crippen MR) is 66.6 cm³/mol. The molecule has 17 heavy (non-hydrogen) atoms. The molecule has 0 radical (unpaired) electrons. The third-order valence-electron chi connectivity index (χ3n) is 2.91. The van der Waals surface area contributed by atoms with Crippen LogP contribution in [0.4, 0.5) is 0 Å². The fourth-order valence-corrected chi connectivity index (χ4v) is 1.67. The first kappa shape index (κ1) is 16.1. The van der Waals surface area contributed by atoms with Crippen LogP contribution in [0.2, 0.25) is 0 Å². The molecule has 0 aromatic carbocycles. The minimum Gasteiger partial charge on any atom is -0.480 e. The number of hydrogen-bond acceptors (Lipinski definition) is 4. The van der Waals surface area contributed by atoms with Crippen LogP contribution in [-0.2, 0) is 9.59 Å². The van der Waals surface area contributed by atoms with Gasteiger partial charge in [0.1, 0.15) is 0 Å². The van der Waals surface area contributed by atoms with Crippen molar-refractivity contribution < 1.29 is 14.7 Å². The van der Waals surface area contributed by atoms with Crippen LogP contribution in [0.5, 0.6) is 0 Å². The smallest absolute Gasteiger partial charge is 0.331 e. The van der Waals surface area contributed by atoms with Crippen LogP contribution in [0, 0.1) is 0 Å². The molecule has 0 bridgehead atoms. The summed E-state index contributed by atoms with van der Waals surface area (Å²) in [6, 6.07) is 0. The zero-order chi connectivity index (χ0) is 13.3. The first-order valence-corrected chi connectivity index (χ1v) is 6.24. The molecule has 100 valence electrons. The lowest BCUT2D eigenvalue weighted by Crippen LogP contribution is -2.54. The Morgan fingerprint density at radius 2 is 1.82 bits per heavy atom. The molecular weight excluding hydrogens is 220 g/mol. The van der Waals surface area contributed by atoms with Gasteiger partial charge in [-0.2, -0.15) is 0 Å². The lowest BCUT2D eigenvalue weighted by atomic mass is 9.86. The molecule has 0 aliphatic rings. The average Bonchev–Trinajstić information content (AvgIpc) is 2.29. The van der Waals surface area contributed by atoms with Gasteiger partial charge in [0.2, 0.25) is 0 Å². The highest BCUT2D eigenvalue weighted by atomic mass is 16.4. The molecule has 0 saturated heterocycles. The maximum atomic E-state index is 11.8. The lowest BCUT2D eigenvalue weighted by molar-refractivity contribution is -0.148. The normalized spacial score (nSPS) is 14.3. The second-order valence-electron chi connectivity index (χ2n) is 4.40. The van der Waals surface area contributed by atoms with Gasteiger partial charge in [-0.15, -0.1) is 0 Å². The number of unbranched alkanes of at least 4 members (excludes halogenated alkanes) is 3. The number of aliphatic carboxylic acids is 1. The molecule has 0 heterocycles. The molecule has 0 amide bonds. The van der Waals surface area contributed by atoms with Gasteiger partial charge in [-0.25, -0.2) is 4.79 Å². The molecule has 1 atom stereocenters. The van der Waals surface area contributed by atoms with Crippen molar-refractivity contribution in [1.29, 1.82) is 0 Å². The van der Waals surface area contributed by atoms with Gasteiger partial charge in [0.15, 0.2) is 11.3 Å². The molecule has 0 rings (SSSR count). The van der Waals surface area contributed by atoms with E-state index in [0.29, 0.717) is 25.8 Å². The summed E-state index contributed by atoms with van der Waals surface area (Å²) in [5.41, 5.74) is 9.33. The van der Waals surface area contributed by atoms with Gasteiger partial charge >= 0.3 is 5.97 Å². The fourth-order valence-electron chi connectivity index (χ4n) is 1.67. The summed E-state index contributed by atoms with van der Waals surface area (Å²) in [5.74, 6) is -1.59. The van der Waals surface area contributed by atoms with E-state index in [-0.39, 0.29) is 18.6 Å². The molecule has 1 unspecified atom stereocenters. The number of carbonyl (C=O) groups is 2. The van der Waals surface area contributed by atoms with Crippen molar-refractivity contribution in [1.82, 2.24) is 0 Å². The summed E-state index contributed by atoms with van der Waals surface area (Å²) < 4.78 is 0. The highest BCUT2D eigenvalue weighted by Crippen LogP contribution is 2.17. The van der Waals surface area contributed by atoms with Crippen molar-refractivity contribution in [2.45, 2.75) is 57.4 Å². The Labute approximate surface area is 103 Å². The van der Waals surface area contributed by atoms with E-state index in [1.807, 2.05) is 6.92 Å². The topological polar surface area (TPSA) is 106 Å². The van der Waals surface area contributed by atoms with E-state index in [1.54, 1.807) is 0 Å². The van der Waals surface area contributed by atoms with Crippen LogP contribution in [0.15, 0.2) is 0 Å². The SMILES string of the molecule is CCCCCC(=O)C(N)(CCCCN)C(=O)O. The number of Topliss-reactive ketones (excluding diaryl/α,β-unsaturated/α-hetero) is 1. The first-order chi connectivity index (χ1) is 7.99. The number of carboxylic acid groups (broad SMARTS) is 1. The predicted octanol–water partition coefficient (Wildman–Crippen LogP) is 1.05. The summed E-state index contributed by atoms with van der Waals surface area (Å²) >= 11 is 0. The van der Waals surface area contributed by atoms with Crippen LogP contribution >= 0.6 is 0 Å². The number of hydrogen-bond donors (Lipinski definition) is 3. The maximum Gasteiger partial charge on any atom is 0.331 e. The summed E-state index contributed by atoms with van der Waals surface area (Å²) in [6.45, 7) is 2.51. The molecule has 0 aliphatic heterocycles. The van der Waals surface area contributed by atoms with E-state index >= 15 is 0 Å². The summed E-state index contributed by atoms with van der Waals surface area (Å²) in [5, 5.41) is 9.08. The number of rotatable bonds is 10. The maximum absolute atomic E-state index is 11.8. The minimum atomic E-state index is -1.72. The zero-order valence-electron chi connectivity index (χ0n) is 10.6. The molecule has 5 heteroatoms. The Morgan fingerprint density at radius 3 is 2.29 bits per heavy atom. The monoisotopic (exact) mass is 244 g/mol. The molecule has 0 saturated carbocycles. The Kier molecular flexibility index (Phi) is 7.74. The van der Waals surface area contributed by atoms with Crippen molar-refractivity contribution in [3.05, 3.63) is 0 Å².